The van der Waals surface area contributed by atoms with Gasteiger partial charge in [0.05, 0.1) is 18.2 Å². The first-order chi connectivity index (χ1) is 8.45. The molecule has 0 fully saturated rings. The summed E-state index contributed by atoms with van der Waals surface area (Å²) in [4.78, 5) is 24.3. The van der Waals surface area contributed by atoms with Crippen molar-refractivity contribution in [2.24, 2.45) is 0 Å². The minimum atomic E-state index is -0.905. The zero-order valence-electron chi connectivity index (χ0n) is 11.0. The smallest absolute Gasteiger partial charge is 0.305 e. The number of aromatic nitrogens is 2. The Kier molecular flexibility index (Phi) is 4.88. The van der Waals surface area contributed by atoms with Gasteiger partial charge in [0, 0.05) is 25.3 Å². The molecule has 0 saturated heterocycles. The van der Waals surface area contributed by atoms with Crippen LogP contribution in [0.3, 0.4) is 0 Å². The highest BCUT2D eigenvalue weighted by Gasteiger charge is 2.20. The number of hydrogen-bond acceptors (Lipinski definition) is 3. The summed E-state index contributed by atoms with van der Waals surface area (Å²) < 4.78 is 1.67. The number of nitrogens with zero attached hydrogens (tertiary/aromatic N) is 3. The predicted molar refractivity (Wildman–Crippen MR) is 66.3 cm³/mol. The molecule has 6 heteroatoms. The average molecular weight is 253 g/mol. The van der Waals surface area contributed by atoms with Crippen molar-refractivity contribution < 1.29 is 14.7 Å². The van der Waals surface area contributed by atoms with Gasteiger partial charge in [-0.3, -0.25) is 14.3 Å². The molecule has 0 spiro atoms. The van der Waals surface area contributed by atoms with E-state index in [1.165, 1.54) is 6.20 Å². The molecule has 18 heavy (non-hydrogen) atoms. The second-order valence-corrected chi connectivity index (χ2v) is 4.32. The molecular formula is C12H19N3O3. The topological polar surface area (TPSA) is 75.4 Å². The normalized spacial score (nSPS) is 10.7. The summed E-state index contributed by atoms with van der Waals surface area (Å²) in [6, 6.07) is -0.0400. The van der Waals surface area contributed by atoms with Crippen molar-refractivity contribution in [2.45, 2.75) is 39.8 Å². The number of amides is 1. The third kappa shape index (κ3) is 3.58. The summed E-state index contributed by atoms with van der Waals surface area (Å²) in [5, 5.41) is 12.7. The fourth-order valence-corrected chi connectivity index (χ4v) is 1.62. The van der Waals surface area contributed by atoms with Crippen LogP contribution in [0.1, 0.15) is 37.6 Å². The first-order valence-electron chi connectivity index (χ1n) is 6.01. The Morgan fingerprint density at radius 1 is 1.50 bits per heavy atom. The van der Waals surface area contributed by atoms with Crippen LogP contribution < -0.4 is 0 Å². The largest absolute Gasteiger partial charge is 0.481 e. The van der Waals surface area contributed by atoms with Gasteiger partial charge in [0.15, 0.2) is 0 Å². The van der Waals surface area contributed by atoms with Crippen LogP contribution in [0.25, 0.3) is 0 Å². The van der Waals surface area contributed by atoms with Gasteiger partial charge in [0.2, 0.25) is 0 Å². The van der Waals surface area contributed by atoms with Gasteiger partial charge >= 0.3 is 5.97 Å². The number of aliphatic carboxylic acids is 1. The molecule has 0 aliphatic carbocycles. The number of carbonyl (C=O) groups excluding carboxylic acids is 1. The molecule has 1 amide bonds. The lowest BCUT2D eigenvalue weighted by molar-refractivity contribution is -0.137. The zero-order valence-corrected chi connectivity index (χ0v) is 11.0. The van der Waals surface area contributed by atoms with E-state index in [1.807, 2.05) is 20.8 Å². The van der Waals surface area contributed by atoms with Gasteiger partial charge in [-0.25, -0.2) is 0 Å². The lowest BCUT2D eigenvalue weighted by Gasteiger charge is -2.25. The lowest BCUT2D eigenvalue weighted by Crippen LogP contribution is -2.38. The monoisotopic (exact) mass is 253 g/mol. The number of rotatable bonds is 6. The van der Waals surface area contributed by atoms with Gasteiger partial charge < -0.3 is 10.0 Å². The van der Waals surface area contributed by atoms with E-state index in [9.17, 15) is 9.59 Å². The van der Waals surface area contributed by atoms with Crippen molar-refractivity contribution in [1.82, 2.24) is 14.7 Å². The molecule has 1 aromatic rings. The second kappa shape index (κ2) is 6.18. The Bertz CT molecular complexity index is 426. The van der Waals surface area contributed by atoms with Gasteiger partial charge in [0.25, 0.3) is 5.91 Å². The Balaban J connectivity index is 2.78. The van der Waals surface area contributed by atoms with Crippen LogP contribution in [0.5, 0.6) is 0 Å². The minimum Gasteiger partial charge on any atom is -0.481 e. The summed E-state index contributed by atoms with van der Waals surface area (Å²) in [7, 11) is 0. The number of aryl methyl sites for hydroxylation is 1. The fourth-order valence-electron chi connectivity index (χ4n) is 1.62. The van der Waals surface area contributed by atoms with Crippen LogP contribution in [-0.2, 0) is 11.3 Å². The van der Waals surface area contributed by atoms with E-state index in [0.29, 0.717) is 12.1 Å². The van der Waals surface area contributed by atoms with Crippen molar-refractivity contribution in [1.29, 1.82) is 0 Å². The average Bonchev–Trinajstić information content (AvgIpc) is 2.76. The van der Waals surface area contributed by atoms with Crippen LogP contribution in [-0.4, -0.2) is 44.3 Å². The SMILES string of the molecule is CCn1cc(C(=O)N(CCC(=O)O)C(C)C)cn1. The van der Waals surface area contributed by atoms with Crippen LogP contribution in [0, 0.1) is 0 Å². The Morgan fingerprint density at radius 3 is 2.61 bits per heavy atom. The second-order valence-electron chi connectivity index (χ2n) is 4.32. The van der Waals surface area contributed by atoms with Gasteiger partial charge in [-0.2, -0.15) is 5.10 Å². The first-order valence-corrected chi connectivity index (χ1v) is 6.01. The highest BCUT2D eigenvalue weighted by molar-refractivity contribution is 5.94. The van der Waals surface area contributed by atoms with Gasteiger partial charge in [-0.1, -0.05) is 0 Å². The fraction of sp³-hybridized carbons (Fsp3) is 0.583. The Morgan fingerprint density at radius 2 is 2.17 bits per heavy atom. The molecule has 1 N–H and O–H groups in total. The molecule has 0 aliphatic rings. The van der Waals surface area contributed by atoms with Crippen molar-refractivity contribution in [2.75, 3.05) is 6.54 Å². The quantitative estimate of drug-likeness (QED) is 0.827. The molecular weight excluding hydrogens is 234 g/mol. The molecule has 0 aromatic carbocycles. The van der Waals surface area contributed by atoms with E-state index in [0.717, 1.165) is 0 Å². The maximum Gasteiger partial charge on any atom is 0.305 e. The number of carbonyl (C=O) groups is 2. The van der Waals surface area contributed by atoms with Crippen molar-refractivity contribution in [3.05, 3.63) is 18.0 Å². The third-order valence-electron chi connectivity index (χ3n) is 2.65. The lowest BCUT2D eigenvalue weighted by atomic mass is 10.2. The molecule has 0 aliphatic heterocycles. The molecule has 100 valence electrons. The van der Waals surface area contributed by atoms with E-state index < -0.39 is 5.97 Å². The molecule has 1 heterocycles. The van der Waals surface area contributed by atoms with E-state index in [4.69, 9.17) is 5.11 Å². The van der Waals surface area contributed by atoms with E-state index >= 15 is 0 Å². The van der Waals surface area contributed by atoms with Gasteiger partial charge in [0.1, 0.15) is 0 Å². The van der Waals surface area contributed by atoms with E-state index in [-0.39, 0.29) is 24.9 Å². The number of hydrogen-bond donors (Lipinski definition) is 1. The number of carboxylic acids is 1. The predicted octanol–water partition coefficient (Wildman–Crippen LogP) is 1.23. The van der Waals surface area contributed by atoms with E-state index in [2.05, 4.69) is 5.10 Å². The number of carboxylic acid groups (broad SMARTS) is 1. The summed E-state index contributed by atoms with van der Waals surface area (Å²) in [6.07, 6.45) is 3.15. The maximum absolute atomic E-state index is 12.2. The molecule has 6 nitrogen and oxygen atoms in total. The zero-order chi connectivity index (χ0) is 13.7. The van der Waals surface area contributed by atoms with Crippen LogP contribution in [0.2, 0.25) is 0 Å². The van der Waals surface area contributed by atoms with Crippen molar-refractivity contribution >= 4 is 11.9 Å². The molecule has 1 rings (SSSR count). The molecule has 1 aromatic heterocycles. The highest BCUT2D eigenvalue weighted by Crippen LogP contribution is 2.08. The molecule has 0 bridgehead atoms. The maximum atomic E-state index is 12.2. The standard InChI is InChI=1S/C12H19N3O3/c1-4-14-8-10(7-13-14)12(18)15(9(2)3)6-5-11(16)17/h7-9H,4-6H2,1-3H3,(H,16,17). The Labute approximate surface area is 106 Å². The summed E-state index contributed by atoms with van der Waals surface area (Å²) in [5.41, 5.74) is 0.496. The minimum absolute atomic E-state index is 0.0400. The first kappa shape index (κ1) is 14.2. The van der Waals surface area contributed by atoms with E-state index in [1.54, 1.807) is 15.8 Å². The van der Waals surface area contributed by atoms with Gasteiger partial charge in [-0.15, -0.1) is 0 Å². The summed E-state index contributed by atoms with van der Waals surface area (Å²) >= 11 is 0. The summed E-state index contributed by atoms with van der Waals surface area (Å²) in [5.74, 6) is -1.08. The van der Waals surface area contributed by atoms with Crippen LogP contribution in [0.4, 0.5) is 0 Å². The summed E-state index contributed by atoms with van der Waals surface area (Å²) in [6.45, 7) is 6.58. The Hall–Kier alpha value is -1.85. The van der Waals surface area contributed by atoms with Crippen LogP contribution >= 0.6 is 0 Å². The molecule has 0 unspecified atom stereocenters. The van der Waals surface area contributed by atoms with Crippen LogP contribution in [0.15, 0.2) is 12.4 Å². The molecule has 0 radical (unpaired) electrons. The van der Waals surface area contributed by atoms with Crippen molar-refractivity contribution in [3.8, 4) is 0 Å². The molecule has 0 saturated carbocycles. The van der Waals surface area contributed by atoms with Gasteiger partial charge in [-0.05, 0) is 20.8 Å². The molecule has 0 atom stereocenters. The van der Waals surface area contributed by atoms with Crippen molar-refractivity contribution in [3.63, 3.8) is 0 Å². The third-order valence-corrected chi connectivity index (χ3v) is 2.65. The highest BCUT2D eigenvalue weighted by atomic mass is 16.4.